The SMILES string of the molecule is CCN1CCN(C(=O)CC2(C(=O)O)CCCCCC2)CC1. The third kappa shape index (κ3) is 3.96. The number of hydrogen-bond acceptors (Lipinski definition) is 3. The van der Waals surface area contributed by atoms with Crippen LogP contribution in [0.2, 0.25) is 0 Å². The van der Waals surface area contributed by atoms with E-state index in [1.54, 1.807) is 0 Å². The molecule has 0 atom stereocenters. The van der Waals surface area contributed by atoms with Gasteiger partial charge in [0.25, 0.3) is 0 Å². The quantitative estimate of drug-likeness (QED) is 0.806. The highest BCUT2D eigenvalue weighted by Gasteiger charge is 2.41. The van der Waals surface area contributed by atoms with Gasteiger partial charge in [-0.2, -0.15) is 0 Å². The summed E-state index contributed by atoms with van der Waals surface area (Å²) < 4.78 is 0. The maximum atomic E-state index is 12.5. The average molecular weight is 296 g/mol. The highest BCUT2D eigenvalue weighted by molar-refractivity contribution is 5.85. The van der Waals surface area contributed by atoms with E-state index < -0.39 is 11.4 Å². The van der Waals surface area contributed by atoms with Gasteiger partial charge in [-0.3, -0.25) is 9.59 Å². The number of carbonyl (C=O) groups is 2. The zero-order valence-corrected chi connectivity index (χ0v) is 13.1. The molecule has 1 heterocycles. The second kappa shape index (κ2) is 7.25. The number of carboxylic acids is 1. The zero-order chi connectivity index (χ0) is 15.3. The van der Waals surface area contributed by atoms with Crippen molar-refractivity contribution in [3.63, 3.8) is 0 Å². The summed E-state index contributed by atoms with van der Waals surface area (Å²) in [6, 6.07) is 0. The Morgan fingerprint density at radius 1 is 1.00 bits per heavy atom. The summed E-state index contributed by atoms with van der Waals surface area (Å²) >= 11 is 0. The van der Waals surface area contributed by atoms with Crippen LogP contribution in [0.1, 0.15) is 51.9 Å². The Balaban J connectivity index is 1.97. The van der Waals surface area contributed by atoms with Gasteiger partial charge in [-0.25, -0.2) is 0 Å². The predicted molar refractivity (Wildman–Crippen MR) is 81.1 cm³/mol. The van der Waals surface area contributed by atoms with Gasteiger partial charge in [-0.05, 0) is 19.4 Å². The van der Waals surface area contributed by atoms with E-state index in [2.05, 4.69) is 11.8 Å². The van der Waals surface area contributed by atoms with Crippen LogP contribution in [-0.4, -0.2) is 59.5 Å². The van der Waals surface area contributed by atoms with Crippen molar-refractivity contribution in [3.05, 3.63) is 0 Å². The molecule has 1 saturated carbocycles. The molecule has 1 aliphatic carbocycles. The highest BCUT2D eigenvalue weighted by Crippen LogP contribution is 2.39. The second-order valence-electron chi connectivity index (χ2n) is 6.49. The number of carbonyl (C=O) groups excluding carboxylic acids is 1. The molecule has 0 aromatic carbocycles. The van der Waals surface area contributed by atoms with E-state index in [4.69, 9.17) is 0 Å². The van der Waals surface area contributed by atoms with Gasteiger partial charge in [-0.1, -0.05) is 32.6 Å². The first kappa shape index (κ1) is 16.3. The van der Waals surface area contributed by atoms with Gasteiger partial charge in [0.15, 0.2) is 0 Å². The van der Waals surface area contributed by atoms with Crippen LogP contribution < -0.4 is 0 Å². The van der Waals surface area contributed by atoms with Gasteiger partial charge in [0.05, 0.1) is 5.41 Å². The number of hydrogen-bond donors (Lipinski definition) is 1. The smallest absolute Gasteiger partial charge is 0.310 e. The Labute approximate surface area is 127 Å². The van der Waals surface area contributed by atoms with Crippen molar-refractivity contribution in [2.45, 2.75) is 51.9 Å². The maximum absolute atomic E-state index is 12.5. The van der Waals surface area contributed by atoms with E-state index in [-0.39, 0.29) is 12.3 Å². The van der Waals surface area contributed by atoms with E-state index in [9.17, 15) is 14.7 Å². The molecule has 120 valence electrons. The summed E-state index contributed by atoms with van der Waals surface area (Å²) in [5, 5.41) is 9.66. The monoisotopic (exact) mass is 296 g/mol. The summed E-state index contributed by atoms with van der Waals surface area (Å²) in [6.45, 7) is 6.43. The molecule has 0 radical (unpaired) electrons. The highest BCUT2D eigenvalue weighted by atomic mass is 16.4. The van der Waals surface area contributed by atoms with Gasteiger partial charge >= 0.3 is 5.97 Å². The lowest BCUT2D eigenvalue weighted by Gasteiger charge is -2.36. The molecule has 0 spiro atoms. The molecule has 0 unspecified atom stereocenters. The molecule has 2 fully saturated rings. The number of rotatable bonds is 4. The first-order valence-electron chi connectivity index (χ1n) is 8.31. The number of aliphatic carboxylic acids is 1. The molecule has 2 rings (SSSR count). The van der Waals surface area contributed by atoms with Gasteiger partial charge < -0.3 is 14.9 Å². The normalized spacial score (nSPS) is 23.6. The number of likely N-dealkylation sites (N-methyl/N-ethyl adjacent to an activating group) is 1. The van der Waals surface area contributed by atoms with Crippen LogP contribution in [0.4, 0.5) is 0 Å². The molecule has 1 N–H and O–H groups in total. The van der Waals surface area contributed by atoms with Crippen LogP contribution >= 0.6 is 0 Å². The molecular weight excluding hydrogens is 268 g/mol. The summed E-state index contributed by atoms with van der Waals surface area (Å²) in [5.41, 5.74) is -0.810. The van der Waals surface area contributed by atoms with Crippen LogP contribution in [0.15, 0.2) is 0 Å². The molecule has 1 aliphatic heterocycles. The molecule has 1 saturated heterocycles. The second-order valence-corrected chi connectivity index (χ2v) is 6.49. The van der Waals surface area contributed by atoms with Crippen LogP contribution in [0.25, 0.3) is 0 Å². The van der Waals surface area contributed by atoms with Gasteiger partial charge in [0.2, 0.25) is 5.91 Å². The Morgan fingerprint density at radius 2 is 1.57 bits per heavy atom. The van der Waals surface area contributed by atoms with Gasteiger partial charge in [0, 0.05) is 32.6 Å². The Kier molecular flexibility index (Phi) is 5.62. The van der Waals surface area contributed by atoms with E-state index >= 15 is 0 Å². The number of nitrogens with zero attached hydrogens (tertiary/aromatic N) is 2. The molecule has 1 amide bonds. The minimum absolute atomic E-state index is 0.0371. The van der Waals surface area contributed by atoms with E-state index in [0.29, 0.717) is 12.8 Å². The summed E-state index contributed by atoms with van der Waals surface area (Å²) in [6.07, 6.45) is 5.56. The first-order valence-corrected chi connectivity index (χ1v) is 8.31. The lowest BCUT2D eigenvalue weighted by Crippen LogP contribution is -2.50. The van der Waals surface area contributed by atoms with E-state index in [0.717, 1.165) is 58.4 Å². The van der Waals surface area contributed by atoms with Crippen molar-refractivity contribution in [1.82, 2.24) is 9.80 Å². The number of carboxylic acid groups (broad SMARTS) is 1. The zero-order valence-electron chi connectivity index (χ0n) is 13.1. The molecule has 5 nitrogen and oxygen atoms in total. The van der Waals surface area contributed by atoms with E-state index in [1.807, 2.05) is 4.90 Å². The molecule has 0 bridgehead atoms. The number of piperazine rings is 1. The fraction of sp³-hybridized carbons (Fsp3) is 0.875. The maximum Gasteiger partial charge on any atom is 0.310 e. The van der Waals surface area contributed by atoms with E-state index in [1.165, 1.54) is 0 Å². The van der Waals surface area contributed by atoms with Crippen molar-refractivity contribution in [2.24, 2.45) is 5.41 Å². The van der Waals surface area contributed by atoms with Crippen LogP contribution in [0, 0.1) is 5.41 Å². The third-order valence-electron chi connectivity index (χ3n) is 5.18. The molecular formula is C16H28N2O3. The van der Waals surface area contributed by atoms with Gasteiger partial charge in [0.1, 0.15) is 0 Å². The lowest BCUT2D eigenvalue weighted by atomic mass is 9.77. The summed E-state index contributed by atoms with van der Waals surface area (Å²) in [4.78, 5) is 28.5. The minimum Gasteiger partial charge on any atom is -0.481 e. The largest absolute Gasteiger partial charge is 0.481 e. The molecule has 0 aromatic heterocycles. The minimum atomic E-state index is -0.810. The van der Waals surface area contributed by atoms with Crippen molar-refractivity contribution in [2.75, 3.05) is 32.7 Å². The van der Waals surface area contributed by atoms with Crippen LogP contribution in [0.3, 0.4) is 0 Å². The predicted octanol–water partition coefficient (Wildman–Crippen LogP) is 1.97. The standard InChI is InChI=1S/C16H28N2O3/c1-2-17-9-11-18(12-10-17)14(19)13-16(15(20)21)7-5-3-4-6-8-16/h2-13H2,1H3,(H,20,21). The van der Waals surface area contributed by atoms with Crippen molar-refractivity contribution >= 4 is 11.9 Å². The Bertz CT molecular complexity index is 368. The summed E-state index contributed by atoms with van der Waals surface area (Å²) in [7, 11) is 0. The summed E-state index contributed by atoms with van der Waals surface area (Å²) in [5.74, 6) is -0.736. The van der Waals surface area contributed by atoms with Crippen LogP contribution in [-0.2, 0) is 9.59 Å². The lowest BCUT2D eigenvalue weighted by molar-refractivity contribution is -0.155. The van der Waals surface area contributed by atoms with Crippen molar-refractivity contribution in [3.8, 4) is 0 Å². The molecule has 0 aromatic rings. The van der Waals surface area contributed by atoms with Crippen molar-refractivity contribution < 1.29 is 14.7 Å². The van der Waals surface area contributed by atoms with Crippen molar-refractivity contribution in [1.29, 1.82) is 0 Å². The Hall–Kier alpha value is -1.10. The van der Waals surface area contributed by atoms with Gasteiger partial charge in [-0.15, -0.1) is 0 Å². The molecule has 5 heteroatoms. The fourth-order valence-corrected chi connectivity index (χ4v) is 3.59. The molecule has 21 heavy (non-hydrogen) atoms. The first-order chi connectivity index (χ1) is 10.1. The third-order valence-corrected chi connectivity index (χ3v) is 5.18. The fourth-order valence-electron chi connectivity index (χ4n) is 3.59. The Morgan fingerprint density at radius 3 is 2.05 bits per heavy atom. The topological polar surface area (TPSA) is 60.9 Å². The van der Waals surface area contributed by atoms with Crippen LogP contribution in [0.5, 0.6) is 0 Å². The number of amides is 1. The average Bonchev–Trinajstić information content (AvgIpc) is 2.74. The molecule has 2 aliphatic rings.